The molecule has 0 atom stereocenters. The van der Waals surface area contributed by atoms with Gasteiger partial charge >= 0.3 is 0 Å². The van der Waals surface area contributed by atoms with Gasteiger partial charge in [0.05, 0.1) is 12.1 Å². The third-order valence-corrected chi connectivity index (χ3v) is 1.58. The van der Waals surface area contributed by atoms with Gasteiger partial charge in [-0.15, -0.1) is 0 Å². The fourth-order valence-corrected chi connectivity index (χ4v) is 0.769. The molecule has 0 aliphatic heterocycles. The van der Waals surface area contributed by atoms with E-state index in [9.17, 15) is 9.59 Å². The summed E-state index contributed by atoms with van der Waals surface area (Å²) in [6.07, 6.45) is 0.451. The third kappa shape index (κ3) is 6.28. The first-order valence-electron chi connectivity index (χ1n) is 4.29. The van der Waals surface area contributed by atoms with E-state index in [1.807, 2.05) is 0 Å². The van der Waals surface area contributed by atoms with Gasteiger partial charge in [0, 0.05) is 12.8 Å². The Balaban J connectivity index is 3.81. The van der Waals surface area contributed by atoms with Crippen LogP contribution in [0, 0.1) is 0 Å². The van der Waals surface area contributed by atoms with E-state index in [0.29, 0.717) is 0 Å². The van der Waals surface area contributed by atoms with Crippen molar-refractivity contribution in [2.45, 2.75) is 39.2 Å². The number of aliphatic hydroxyl groups is 1. The predicted octanol–water partition coefficient (Wildman–Crippen LogP) is 0.243. The fourth-order valence-electron chi connectivity index (χ4n) is 0.769. The van der Waals surface area contributed by atoms with Gasteiger partial charge in [0.1, 0.15) is 5.78 Å². The highest BCUT2D eigenvalue weighted by atomic mass is 16.3. The quantitative estimate of drug-likeness (QED) is 0.648. The fraction of sp³-hybridized carbons (Fsp3) is 0.778. The van der Waals surface area contributed by atoms with Crippen LogP contribution in [0.15, 0.2) is 0 Å². The van der Waals surface area contributed by atoms with Crippen LogP contribution in [0.25, 0.3) is 0 Å². The molecule has 0 fully saturated rings. The van der Waals surface area contributed by atoms with Crippen molar-refractivity contribution in [3.63, 3.8) is 0 Å². The van der Waals surface area contributed by atoms with Crippen LogP contribution in [0.4, 0.5) is 0 Å². The maximum atomic E-state index is 11.1. The van der Waals surface area contributed by atoms with E-state index < -0.39 is 5.54 Å². The summed E-state index contributed by atoms with van der Waals surface area (Å²) in [5.74, 6) is -0.203. The van der Waals surface area contributed by atoms with Gasteiger partial charge in [-0.1, -0.05) is 0 Å². The van der Waals surface area contributed by atoms with Gasteiger partial charge in [0.15, 0.2) is 0 Å². The molecule has 0 bridgehead atoms. The molecule has 4 nitrogen and oxygen atoms in total. The Bertz CT molecular complexity index is 199. The second kappa shape index (κ2) is 4.97. The van der Waals surface area contributed by atoms with Crippen LogP contribution in [0.5, 0.6) is 0 Å². The summed E-state index contributed by atoms with van der Waals surface area (Å²) in [7, 11) is 0. The number of Topliss-reactive ketones (excluding diaryl/α,β-unsaturated/α-hetero) is 1. The molecule has 76 valence electrons. The molecule has 0 aromatic carbocycles. The molecule has 0 radical (unpaired) electrons. The molecule has 0 unspecified atom stereocenters. The average Bonchev–Trinajstić information content (AvgIpc) is 2.00. The zero-order valence-electron chi connectivity index (χ0n) is 8.39. The van der Waals surface area contributed by atoms with Crippen molar-refractivity contribution in [3.8, 4) is 0 Å². The van der Waals surface area contributed by atoms with Crippen LogP contribution in [-0.4, -0.2) is 28.9 Å². The number of rotatable bonds is 5. The molecule has 2 N–H and O–H groups in total. The minimum atomic E-state index is -0.603. The number of aliphatic hydroxyl groups excluding tert-OH is 1. The minimum Gasteiger partial charge on any atom is -0.394 e. The standard InChI is InChI=1S/C9H17NO3/c1-7(12)4-5-8(13)10-9(2,3)6-11/h11H,4-6H2,1-3H3,(H,10,13). The summed E-state index contributed by atoms with van der Waals surface area (Å²) < 4.78 is 0. The Morgan fingerprint density at radius 1 is 1.31 bits per heavy atom. The topological polar surface area (TPSA) is 66.4 Å². The number of carbonyl (C=O) groups excluding carboxylic acids is 2. The molecular formula is C9H17NO3. The largest absolute Gasteiger partial charge is 0.394 e. The number of hydrogen-bond donors (Lipinski definition) is 2. The van der Waals surface area contributed by atoms with E-state index in [2.05, 4.69) is 5.32 Å². The molecule has 0 saturated heterocycles. The van der Waals surface area contributed by atoms with Gasteiger partial charge in [0.25, 0.3) is 0 Å². The molecule has 13 heavy (non-hydrogen) atoms. The Morgan fingerprint density at radius 3 is 2.23 bits per heavy atom. The molecule has 4 heteroatoms. The summed E-state index contributed by atoms with van der Waals surface area (Å²) in [5.41, 5.74) is -0.603. The highest BCUT2D eigenvalue weighted by Gasteiger charge is 2.18. The molecule has 0 aliphatic rings. The van der Waals surface area contributed by atoms with Gasteiger partial charge in [0.2, 0.25) is 5.91 Å². The van der Waals surface area contributed by atoms with E-state index >= 15 is 0 Å². The van der Waals surface area contributed by atoms with E-state index in [-0.39, 0.29) is 31.1 Å². The van der Waals surface area contributed by atoms with Gasteiger partial charge < -0.3 is 15.2 Å². The lowest BCUT2D eigenvalue weighted by atomic mass is 10.1. The van der Waals surface area contributed by atoms with Crippen molar-refractivity contribution in [1.82, 2.24) is 5.32 Å². The highest BCUT2D eigenvalue weighted by Crippen LogP contribution is 2.01. The maximum Gasteiger partial charge on any atom is 0.220 e. The predicted molar refractivity (Wildman–Crippen MR) is 49.2 cm³/mol. The first-order valence-corrected chi connectivity index (χ1v) is 4.29. The molecule has 0 aromatic rings. The number of ketones is 1. The van der Waals surface area contributed by atoms with E-state index in [1.165, 1.54) is 6.92 Å². The molecular weight excluding hydrogens is 170 g/mol. The molecule has 0 aliphatic carbocycles. The van der Waals surface area contributed by atoms with Gasteiger partial charge in [-0.2, -0.15) is 0 Å². The Kier molecular flexibility index (Phi) is 4.62. The number of amides is 1. The molecule has 1 amide bonds. The van der Waals surface area contributed by atoms with E-state index in [0.717, 1.165) is 0 Å². The van der Waals surface area contributed by atoms with Crippen molar-refractivity contribution in [2.75, 3.05) is 6.61 Å². The Morgan fingerprint density at radius 2 is 1.85 bits per heavy atom. The Hall–Kier alpha value is -0.900. The number of hydrogen-bond acceptors (Lipinski definition) is 3. The Labute approximate surface area is 78.3 Å². The normalized spacial score (nSPS) is 11.1. The summed E-state index contributed by atoms with van der Waals surface area (Å²) in [6.45, 7) is 4.78. The van der Waals surface area contributed by atoms with Gasteiger partial charge in [-0.3, -0.25) is 4.79 Å². The molecule has 0 rings (SSSR count). The monoisotopic (exact) mass is 187 g/mol. The first-order chi connectivity index (χ1) is 5.87. The van der Waals surface area contributed by atoms with Crippen LogP contribution in [-0.2, 0) is 9.59 Å². The van der Waals surface area contributed by atoms with Crippen molar-refractivity contribution in [3.05, 3.63) is 0 Å². The SMILES string of the molecule is CC(=O)CCC(=O)NC(C)(C)CO. The van der Waals surface area contributed by atoms with Crippen LogP contribution in [0.3, 0.4) is 0 Å². The average molecular weight is 187 g/mol. The van der Waals surface area contributed by atoms with Crippen LogP contribution in [0.2, 0.25) is 0 Å². The third-order valence-electron chi connectivity index (χ3n) is 1.58. The van der Waals surface area contributed by atoms with Crippen LogP contribution < -0.4 is 5.32 Å². The maximum absolute atomic E-state index is 11.1. The highest BCUT2D eigenvalue weighted by molar-refractivity contribution is 5.83. The molecule has 0 heterocycles. The zero-order valence-corrected chi connectivity index (χ0v) is 8.39. The van der Waals surface area contributed by atoms with Crippen molar-refractivity contribution in [1.29, 1.82) is 0 Å². The smallest absolute Gasteiger partial charge is 0.220 e. The molecule has 0 saturated carbocycles. The van der Waals surface area contributed by atoms with Crippen LogP contribution in [0.1, 0.15) is 33.6 Å². The summed E-state index contributed by atoms with van der Waals surface area (Å²) in [5, 5.41) is 11.5. The molecule has 0 spiro atoms. The van der Waals surface area contributed by atoms with Crippen molar-refractivity contribution in [2.24, 2.45) is 0 Å². The summed E-state index contributed by atoms with van der Waals surface area (Å²) in [4.78, 5) is 21.7. The lowest BCUT2D eigenvalue weighted by Gasteiger charge is -2.23. The lowest BCUT2D eigenvalue weighted by Crippen LogP contribution is -2.46. The van der Waals surface area contributed by atoms with Gasteiger partial charge in [-0.25, -0.2) is 0 Å². The molecule has 0 aromatic heterocycles. The number of carbonyl (C=O) groups is 2. The van der Waals surface area contributed by atoms with Gasteiger partial charge in [-0.05, 0) is 20.8 Å². The van der Waals surface area contributed by atoms with Crippen LogP contribution >= 0.6 is 0 Å². The second-order valence-electron chi connectivity index (χ2n) is 3.79. The number of nitrogens with one attached hydrogen (secondary N) is 1. The first kappa shape index (κ1) is 12.1. The minimum absolute atomic E-state index is 0.00282. The summed E-state index contributed by atoms with van der Waals surface area (Å²) >= 11 is 0. The lowest BCUT2D eigenvalue weighted by molar-refractivity contribution is -0.126. The second-order valence-corrected chi connectivity index (χ2v) is 3.79. The van der Waals surface area contributed by atoms with E-state index in [1.54, 1.807) is 13.8 Å². The van der Waals surface area contributed by atoms with E-state index in [4.69, 9.17) is 5.11 Å². The van der Waals surface area contributed by atoms with Crippen molar-refractivity contribution < 1.29 is 14.7 Å². The summed E-state index contributed by atoms with van der Waals surface area (Å²) in [6, 6.07) is 0. The zero-order chi connectivity index (χ0) is 10.5. The van der Waals surface area contributed by atoms with Crippen molar-refractivity contribution >= 4 is 11.7 Å².